The molecule has 15 heavy (non-hydrogen) atoms. The molecule has 0 aromatic carbocycles. The lowest BCUT2D eigenvalue weighted by molar-refractivity contribution is 0.383. The summed E-state index contributed by atoms with van der Waals surface area (Å²) in [5.74, 6) is 1.10. The average molecular weight is 204 g/mol. The van der Waals surface area contributed by atoms with Gasteiger partial charge in [-0.2, -0.15) is 0 Å². The largest absolute Gasteiger partial charge is 0.326 e. The van der Waals surface area contributed by atoms with E-state index < -0.39 is 0 Å². The summed E-state index contributed by atoms with van der Waals surface area (Å²) in [7, 11) is 4.11. The molecule has 0 aliphatic heterocycles. The third-order valence-corrected chi connectivity index (χ3v) is 2.40. The second kappa shape index (κ2) is 3.98. The van der Waals surface area contributed by atoms with E-state index in [2.05, 4.69) is 40.5 Å². The fourth-order valence-electron chi connectivity index (χ4n) is 1.78. The number of nitrogens with zero attached hydrogens (tertiary/aromatic N) is 4. The van der Waals surface area contributed by atoms with Crippen molar-refractivity contribution in [1.29, 1.82) is 0 Å². The predicted octanol–water partition coefficient (Wildman–Crippen LogP) is 1.51. The van der Waals surface area contributed by atoms with Crippen LogP contribution < -0.4 is 0 Å². The van der Waals surface area contributed by atoms with E-state index in [1.165, 1.54) is 0 Å². The van der Waals surface area contributed by atoms with E-state index in [0.717, 1.165) is 29.9 Å². The zero-order valence-corrected chi connectivity index (χ0v) is 9.44. The van der Waals surface area contributed by atoms with Crippen LogP contribution >= 0.6 is 0 Å². The first kappa shape index (κ1) is 10.1. The lowest BCUT2D eigenvalue weighted by Crippen LogP contribution is -2.15. The molecule has 0 saturated carbocycles. The molecule has 0 aliphatic rings. The second-order valence-corrected chi connectivity index (χ2v) is 3.87. The SMILES string of the molecule is CCn1c(CN(C)C)nc2ccncc21. The molecule has 0 saturated heterocycles. The van der Waals surface area contributed by atoms with Crippen LogP contribution in [0.15, 0.2) is 18.5 Å². The van der Waals surface area contributed by atoms with Crippen molar-refractivity contribution in [3.8, 4) is 0 Å². The summed E-state index contributed by atoms with van der Waals surface area (Å²) in [5.41, 5.74) is 2.15. The van der Waals surface area contributed by atoms with Crippen molar-refractivity contribution in [2.45, 2.75) is 20.0 Å². The Labute approximate surface area is 89.6 Å². The van der Waals surface area contributed by atoms with E-state index in [0.29, 0.717) is 0 Å². The van der Waals surface area contributed by atoms with Gasteiger partial charge in [0.05, 0.1) is 23.8 Å². The van der Waals surface area contributed by atoms with Crippen LogP contribution in [0.2, 0.25) is 0 Å². The van der Waals surface area contributed by atoms with Gasteiger partial charge >= 0.3 is 0 Å². The maximum absolute atomic E-state index is 4.60. The highest BCUT2D eigenvalue weighted by Crippen LogP contribution is 2.15. The molecule has 2 rings (SSSR count). The zero-order chi connectivity index (χ0) is 10.8. The van der Waals surface area contributed by atoms with Gasteiger partial charge in [-0.3, -0.25) is 4.98 Å². The van der Waals surface area contributed by atoms with E-state index in [1.807, 2.05) is 12.3 Å². The van der Waals surface area contributed by atoms with E-state index in [1.54, 1.807) is 6.20 Å². The first-order valence-corrected chi connectivity index (χ1v) is 5.16. The summed E-state index contributed by atoms with van der Waals surface area (Å²) in [6.07, 6.45) is 3.67. The number of fused-ring (bicyclic) bond motifs is 1. The highest BCUT2D eigenvalue weighted by Gasteiger charge is 2.09. The summed E-state index contributed by atoms with van der Waals surface area (Å²) in [5, 5.41) is 0. The molecule has 0 radical (unpaired) electrons. The molecule has 0 aliphatic carbocycles. The van der Waals surface area contributed by atoms with Gasteiger partial charge in [0.2, 0.25) is 0 Å². The van der Waals surface area contributed by atoms with Crippen LogP contribution in [0.4, 0.5) is 0 Å². The maximum atomic E-state index is 4.60. The Morgan fingerprint density at radius 2 is 2.20 bits per heavy atom. The van der Waals surface area contributed by atoms with Gasteiger partial charge in [0.15, 0.2) is 0 Å². The van der Waals surface area contributed by atoms with Gasteiger partial charge in [-0.25, -0.2) is 4.98 Å². The number of pyridine rings is 1. The normalized spacial score (nSPS) is 11.5. The standard InChI is InChI=1S/C11H16N4/c1-4-15-10-7-12-6-5-9(10)13-11(15)8-14(2)3/h5-7H,4,8H2,1-3H3. The third kappa shape index (κ3) is 1.85. The van der Waals surface area contributed by atoms with E-state index in [-0.39, 0.29) is 0 Å². The minimum Gasteiger partial charge on any atom is -0.326 e. The summed E-state index contributed by atoms with van der Waals surface area (Å²) in [6.45, 7) is 3.93. The molecule has 2 aromatic heterocycles. The van der Waals surface area contributed by atoms with Gasteiger partial charge in [0.1, 0.15) is 5.82 Å². The fraction of sp³-hybridized carbons (Fsp3) is 0.455. The van der Waals surface area contributed by atoms with Crippen LogP contribution in [0.25, 0.3) is 11.0 Å². The van der Waals surface area contributed by atoms with Crippen molar-refractivity contribution in [2.75, 3.05) is 14.1 Å². The van der Waals surface area contributed by atoms with Crippen molar-refractivity contribution in [3.63, 3.8) is 0 Å². The molecule has 0 bridgehead atoms. The number of rotatable bonds is 3. The Morgan fingerprint density at radius 1 is 1.40 bits per heavy atom. The smallest absolute Gasteiger partial charge is 0.124 e. The number of imidazole rings is 1. The molecular formula is C11H16N4. The Bertz CT molecular complexity index is 459. The minimum absolute atomic E-state index is 0.864. The predicted molar refractivity (Wildman–Crippen MR) is 60.6 cm³/mol. The van der Waals surface area contributed by atoms with Gasteiger partial charge in [0, 0.05) is 12.7 Å². The number of aryl methyl sites for hydroxylation is 1. The summed E-state index contributed by atoms with van der Waals surface area (Å²) >= 11 is 0. The van der Waals surface area contributed by atoms with Crippen molar-refractivity contribution >= 4 is 11.0 Å². The Hall–Kier alpha value is -1.42. The molecule has 2 heterocycles. The fourth-order valence-corrected chi connectivity index (χ4v) is 1.78. The zero-order valence-electron chi connectivity index (χ0n) is 9.44. The quantitative estimate of drug-likeness (QED) is 0.760. The molecule has 4 heteroatoms. The monoisotopic (exact) mass is 204 g/mol. The molecular weight excluding hydrogens is 188 g/mol. The number of hydrogen-bond acceptors (Lipinski definition) is 3. The molecule has 0 atom stereocenters. The van der Waals surface area contributed by atoms with E-state index in [4.69, 9.17) is 0 Å². The highest BCUT2D eigenvalue weighted by atomic mass is 15.2. The van der Waals surface area contributed by atoms with Crippen molar-refractivity contribution < 1.29 is 0 Å². The molecule has 0 amide bonds. The van der Waals surface area contributed by atoms with Crippen LogP contribution in [0.5, 0.6) is 0 Å². The summed E-state index contributed by atoms with van der Waals surface area (Å²) in [6, 6.07) is 1.96. The molecule has 80 valence electrons. The number of hydrogen-bond donors (Lipinski definition) is 0. The molecule has 0 spiro atoms. The number of aromatic nitrogens is 3. The van der Waals surface area contributed by atoms with Gasteiger partial charge in [-0.15, -0.1) is 0 Å². The topological polar surface area (TPSA) is 34.0 Å². The molecule has 0 unspecified atom stereocenters. The van der Waals surface area contributed by atoms with Gasteiger partial charge in [0.25, 0.3) is 0 Å². The molecule has 4 nitrogen and oxygen atoms in total. The Kier molecular flexibility index (Phi) is 2.68. The first-order chi connectivity index (χ1) is 7.22. The summed E-state index contributed by atoms with van der Waals surface area (Å²) < 4.78 is 2.21. The van der Waals surface area contributed by atoms with Gasteiger partial charge in [-0.05, 0) is 27.1 Å². The van der Waals surface area contributed by atoms with Crippen molar-refractivity contribution in [1.82, 2.24) is 19.4 Å². The van der Waals surface area contributed by atoms with Crippen LogP contribution in [0.1, 0.15) is 12.7 Å². The Morgan fingerprint density at radius 3 is 2.87 bits per heavy atom. The highest BCUT2D eigenvalue weighted by molar-refractivity contribution is 5.74. The second-order valence-electron chi connectivity index (χ2n) is 3.87. The van der Waals surface area contributed by atoms with Crippen LogP contribution in [-0.2, 0) is 13.1 Å². The third-order valence-electron chi connectivity index (χ3n) is 2.40. The first-order valence-electron chi connectivity index (χ1n) is 5.16. The van der Waals surface area contributed by atoms with E-state index in [9.17, 15) is 0 Å². The average Bonchev–Trinajstić information content (AvgIpc) is 2.53. The van der Waals surface area contributed by atoms with Gasteiger partial charge in [-0.1, -0.05) is 0 Å². The van der Waals surface area contributed by atoms with Gasteiger partial charge < -0.3 is 9.47 Å². The minimum atomic E-state index is 0.864. The van der Waals surface area contributed by atoms with Crippen LogP contribution in [0.3, 0.4) is 0 Å². The maximum Gasteiger partial charge on any atom is 0.124 e. The van der Waals surface area contributed by atoms with Crippen molar-refractivity contribution in [2.24, 2.45) is 0 Å². The lowest BCUT2D eigenvalue weighted by atomic mass is 10.4. The van der Waals surface area contributed by atoms with E-state index >= 15 is 0 Å². The Balaban J connectivity index is 2.54. The summed E-state index contributed by atoms with van der Waals surface area (Å²) in [4.78, 5) is 10.9. The molecule has 0 N–H and O–H groups in total. The lowest BCUT2D eigenvalue weighted by Gasteiger charge is -2.10. The van der Waals surface area contributed by atoms with Crippen LogP contribution in [0, 0.1) is 0 Å². The molecule has 2 aromatic rings. The van der Waals surface area contributed by atoms with Crippen molar-refractivity contribution in [3.05, 3.63) is 24.3 Å². The van der Waals surface area contributed by atoms with Crippen LogP contribution in [-0.4, -0.2) is 33.5 Å². The molecule has 0 fully saturated rings.